The lowest BCUT2D eigenvalue weighted by atomic mass is 10.1. The van der Waals surface area contributed by atoms with Gasteiger partial charge < -0.3 is 9.90 Å². The zero-order chi connectivity index (χ0) is 8.55. The minimum atomic E-state index is -1.11. The molecule has 0 N–H and O–H groups in total. The standard InChI is InChI=1S/C10H8O2/c11-10(12)9-5-4-7-2-1-3-8(7)6-9/h1,3-6H,2H2,(H,11,12)/p-1. The second-order valence-corrected chi connectivity index (χ2v) is 2.81. The number of carboxylic acids is 1. The molecule has 1 aromatic carbocycles. The molecule has 0 saturated heterocycles. The van der Waals surface area contributed by atoms with E-state index in [4.69, 9.17) is 0 Å². The van der Waals surface area contributed by atoms with Gasteiger partial charge in [-0.3, -0.25) is 0 Å². The second kappa shape index (κ2) is 2.48. The molecule has 0 spiro atoms. The van der Waals surface area contributed by atoms with Crippen LogP contribution in [0.5, 0.6) is 0 Å². The summed E-state index contributed by atoms with van der Waals surface area (Å²) in [7, 11) is 0. The van der Waals surface area contributed by atoms with Crippen molar-refractivity contribution in [2.24, 2.45) is 0 Å². The van der Waals surface area contributed by atoms with Crippen LogP contribution in [0.3, 0.4) is 0 Å². The number of hydrogen-bond donors (Lipinski definition) is 0. The van der Waals surface area contributed by atoms with Crippen LogP contribution in [0.15, 0.2) is 24.3 Å². The van der Waals surface area contributed by atoms with Crippen molar-refractivity contribution in [2.75, 3.05) is 0 Å². The highest BCUT2D eigenvalue weighted by Crippen LogP contribution is 2.20. The lowest BCUT2D eigenvalue weighted by Gasteiger charge is -2.04. The fraction of sp³-hybridized carbons (Fsp3) is 0.100. The van der Waals surface area contributed by atoms with Gasteiger partial charge in [-0.1, -0.05) is 24.3 Å². The van der Waals surface area contributed by atoms with Crippen molar-refractivity contribution in [1.29, 1.82) is 0 Å². The third kappa shape index (κ3) is 1.01. The summed E-state index contributed by atoms with van der Waals surface area (Å²) in [5.74, 6) is -1.11. The van der Waals surface area contributed by atoms with Crippen LogP contribution < -0.4 is 5.11 Å². The van der Waals surface area contributed by atoms with E-state index in [9.17, 15) is 9.90 Å². The average Bonchev–Trinajstić information content (AvgIpc) is 2.49. The number of hydrogen-bond acceptors (Lipinski definition) is 2. The molecular formula is C10H7O2-. The molecule has 1 aliphatic rings. The molecule has 1 aliphatic carbocycles. The Bertz CT molecular complexity index is 364. The van der Waals surface area contributed by atoms with Crippen LogP contribution in [-0.4, -0.2) is 5.97 Å². The van der Waals surface area contributed by atoms with Crippen LogP contribution in [0.2, 0.25) is 0 Å². The molecule has 0 aromatic heterocycles. The normalized spacial score (nSPS) is 13.0. The predicted molar refractivity (Wildman–Crippen MR) is 43.5 cm³/mol. The second-order valence-electron chi connectivity index (χ2n) is 2.81. The summed E-state index contributed by atoms with van der Waals surface area (Å²) in [5.41, 5.74) is 2.43. The molecule has 0 fully saturated rings. The van der Waals surface area contributed by atoms with Gasteiger partial charge in [0.1, 0.15) is 0 Å². The van der Waals surface area contributed by atoms with E-state index in [1.54, 1.807) is 12.1 Å². The summed E-state index contributed by atoms with van der Waals surface area (Å²) in [6.07, 6.45) is 4.86. The minimum absolute atomic E-state index is 0.250. The lowest BCUT2D eigenvalue weighted by molar-refractivity contribution is -0.255. The number of fused-ring (bicyclic) bond motifs is 1. The number of carbonyl (C=O) groups excluding carboxylic acids is 1. The summed E-state index contributed by atoms with van der Waals surface area (Å²) >= 11 is 0. The molecule has 0 heterocycles. The molecule has 2 heteroatoms. The molecule has 0 amide bonds. The summed E-state index contributed by atoms with van der Waals surface area (Å²) < 4.78 is 0. The van der Waals surface area contributed by atoms with E-state index in [-0.39, 0.29) is 5.56 Å². The highest BCUT2D eigenvalue weighted by atomic mass is 16.4. The number of allylic oxidation sites excluding steroid dienone is 1. The maximum absolute atomic E-state index is 10.5. The molecule has 0 aliphatic heterocycles. The van der Waals surface area contributed by atoms with Crippen LogP contribution in [0, 0.1) is 0 Å². The van der Waals surface area contributed by atoms with Crippen LogP contribution >= 0.6 is 0 Å². The molecule has 1 aromatic rings. The smallest absolute Gasteiger partial charge is 0.0715 e. The quantitative estimate of drug-likeness (QED) is 0.602. The largest absolute Gasteiger partial charge is 0.545 e. The first-order valence-corrected chi connectivity index (χ1v) is 3.78. The Kier molecular flexibility index (Phi) is 1.47. The molecule has 12 heavy (non-hydrogen) atoms. The van der Waals surface area contributed by atoms with E-state index in [0.29, 0.717) is 0 Å². The summed E-state index contributed by atoms with van der Waals surface area (Å²) in [6.45, 7) is 0. The Labute approximate surface area is 70.2 Å². The maximum Gasteiger partial charge on any atom is 0.0715 e. The van der Waals surface area contributed by atoms with Crippen molar-refractivity contribution in [2.45, 2.75) is 6.42 Å². The molecule has 0 unspecified atom stereocenters. The Hall–Kier alpha value is -1.57. The number of carboxylic acid groups (broad SMARTS) is 1. The van der Waals surface area contributed by atoms with E-state index < -0.39 is 5.97 Å². The van der Waals surface area contributed by atoms with E-state index in [2.05, 4.69) is 0 Å². The van der Waals surface area contributed by atoms with Gasteiger partial charge in [0.2, 0.25) is 0 Å². The van der Waals surface area contributed by atoms with Crippen molar-refractivity contribution >= 4 is 12.0 Å². The topological polar surface area (TPSA) is 40.1 Å². The van der Waals surface area contributed by atoms with Gasteiger partial charge in [0.25, 0.3) is 0 Å². The molecule has 60 valence electrons. The van der Waals surface area contributed by atoms with Crippen LogP contribution in [-0.2, 0) is 6.42 Å². The van der Waals surface area contributed by atoms with Crippen molar-refractivity contribution in [3.63, 3.8) is 0 Å². The van der Waals surface area contributed by atoms with E-state index in [1.165, 1.54) is 5.56 Å². The van der Waals surface area contributed by atoms with E-state index in [1.807, 2.05) is 18.2 Å². The van der Waals surface area contributed by atoms with Gasteiger partial charge in [-0.15, -0.1) is 0 Å². The minimum Gasteiger partial charge on any atom is -0.545 e. The molecule has 2 nitrogen and oxygen atoms in total. The summed E-state index contributed by atoms with van der Waals surface area (Å²) in [5, 5.41) is 10.5. The Balaban J connectivity index is 2.51. The van der Waals surface area contributed by atoms with Gasteiger partial charge >= 0.3 is 0 Å². The van der Waals surface area contributed by atoms with Gasteiger partial charge in [0, 0.05) is 0 Å². The highest BCUT2D eigenvalue weighted by molar-refractivity contribution is 5.87. The fourth-order valence-electron chi connectivity index (χ4n) is 1.38. The van der Waals surface area contributed by atoms with Gasteiger partial charge in [0.05, 0.1) is 5.97 Å². The van der Waals surface area contributed by atoms with Crippen molar-refractivity contribution in [3.05, 3.63) is 41.0 Å². The molecule has 0 saturated carbocycles. The average molecular weight is 159 g/mol. The summed E-state index contributed by atoms with van der Waals surface area (Å²) in [4.78, 5) is 10.5. The van der Waals surface area contributed by atoms with Gasteiger partial charge in [-0.2, -0.15) is 0 Å². The highest BCUT2D eigenvalue weighted by Gasteiger charge is 2.04. The fourth-order valence-corrected chi connectivity index (χ4v) is 1.38. The predicted octanol–water partition coefficient (Wildman–Crippen LogP) is 0.619. The van der Waals surface area contributed by atoms with Crippen LogP contribution in [0.25, 0.3) is 6.08 Å². The first-order chi connectivity index (χ1) is 5.77. The zero-order valence-corrected chi connectivity index (χ0v) is 6.41. The Morgan fingerprint density at radius 3 is 3.00 bits per heavy atom. The molecule has 0 radical (unpaired) electrons. The molecule has 0 bridgehead atoms. The third-order valence-corrected chi connectivity index (χ3v) is 2.02. The number of aromatic carboxylic acids is 1. The van der Waals surface area contributed by atoms with E-state index in [0.717, 1.165) is 12.0 Å². The number of carbonyl (C=O) groups is 1. The monoisotopic (exact) mass is 159 g/mol. The number of benzene rings is 1. The first-order valence-electron chi connectivity index (χ1n) is 3.78. The zero-order valence-electron chi connectivity index (χ0n) is 6.41. The van der Waals surface area contributed by atoms with Crippen molar-refractivity contribution in [1.82, 2.24) is 0 Å². The van der Waals surface area contributed by atoms with Crippen molar-refractivity contribution in [3.8, 4) is 0 Å². The summed E-state index contributed by atoms with van der Waals surface area (Å²) in [6, 6.07) is 5.07. The lowest BCUT2D eigenvalue weighted by Crippen LogP contribution is -2.22. The van der Waals surface area contributed by atoms with Crippen molar-refractivity contribution < 1.29 is 9.90 Å². The SMILES string of the molecule is O=C([O-])c1ccc2c(c1)C=CC2. The molecule has 2 rings (SSSR count). The Morgan fingerprint density at radius 2 is 2.25 bits per heavy atom. The Morgan fingerprint density at radius 1 is 1.42 bits per heavy atom. The van der Waals surface area contributed by atoms with E-state index >= 15 is 0 Å². The maximum atomic E-state index is 10.5. The molecule has 0 atom stereocenters. The van der Waals surface area contributed by atoms with Gasteiger partial charge in [-0.25, -0.2) is 0 Å². The third-order valence-electron chi connectivity index (χ3n) is 2.02. The van der Waals surface area contributed by atoms with Crippen LogP contribution in [0.1, 0.15) is 21.5 Å². The first kappa shape index (κ1) is 7.10. The van der Waals surface area contributed by atoms with Crippen LogP contribution in [0.4, 0.5) is 0 Å². The van der Waals surface area contributed by atoms with Gasteiger partial charge in [-0.05, 0) is 29.2 Å². The number of rotatable bonds is 1. The molecular weight excluding hydrogens is 152 g/mol. The van der Waals surface area contributed by atoms with Gasteiger partial charge in [0.15, 0.2) is 0 Å².